The lowest BCUT2D eigenvalue weighted by Crippen LogP contribution is -2.45. The van der Waals surface area contributed by atoms with E-state index in [1.165, 1.54) is 4.31 Å². The van der Waals surface area contributed by atoms with Crippen LogP contribution < -0.4 is 10.5 Å². The van der Waals surface area contributed by atoms with Crippen molar-refractivity contribution in [2.24, 2.45) is 5.73 Å². The van der Waals surface area contributed by atoms with Gasteiger partial charge in [0.1, 0.15) is 5.75 Å². The molecule has 1 aliphatic heterocycles. The lowest BCUT2D eigenvalue weighted by atomic mass is 10.1. The first-order chi connectivity index (χ1) is 8.54. The first-order valence-corrected chi connectivity index (χ1v) is 7.38. The Morgan fingerprint density at radius 1 is 1.33 bits per heavy atom. The Labute approximate surface area is 108 Å². The van der Waals surface area contributed by atoms with E-state index in [2.05, 4.69) is 0 Å². The SMILES string of the molecule is COc1ccc(S(=O)(=O)N2CCC[C@@H](N)C2)cc1. The highest BCUT2D eigenvalue weighted by Gasteiger charge is 2.28. The Morgan fingerprint density at radius 2 is 2.00 bits per heavy atom. The summed E-state index contributed by atoms with van der Waals surface area (Å²) in [7, 11) is -1.87. The first kappa shape index (κ1) is 13.3. The van der Waals surface area contributed by atoms with Crippen LogP contribution in [0.25, 0.3) is 0 Å². The fourth-order valence-electron chi connectivity index (χ4n) is 2.09. The lowest BCUT2D eigenvalue weighted by molar-refractivity contribution is 0.316. The summed E-state index contributed by atoms with van der Waals surface area (Å²) in [4.78, 5) is 0.289. The van der Waals surface area contributed by atoms with E-state index in [0.29, 0.717) is 18.8 Å². The molecule has 0 radical (unpaired) electrons. The molecule has 0 unspecified atom stereocenters. The molecule has 0 saturated carbocycles. The molecule has 2 rings (SSSR count). The van der Waals surface area contributed by atoms with Gasteiger partial charge in [0.05, 0.1) is 12.0 Å². The number of benzene rings is 1. The molecule has 1 aromatic carbocycles. The maximum atomic E-state index is 12.4. The smallest absolute Gasteiger partial charge is 0.243 e. The average molecular weight is 270 g/mol. The van der Waals surface area contributed by atoms with Gasteiger partial charge in [0.15, 0.2) is 0 Å². The largest absolute Gasteiger partial charge is 0.497 e. The molecule has 1 saturated heterocycles. The fourth-order valence-corrected chi connectivity index (χ4v) is 3.62. The summed E-state index contributed by atoms with van der Waals surface area (Å²) >= 11 is 0. The Balaban J connectivity index is 2.23. The van der Waals surface area contributed by atoms with Gasteiger partial charge in [-0.2, -0.15) is 4.31 Å². The van der Waals surface area contributed by atoms with Crippen molar-refractivity contribution in [3.8, 4) is 5.75 Å². The minimum atomic E-state index is -3.42. The lowest BCUT2D eigenvalue weighted by Gasteiger charge is -2.29. The third kappa shape index (κ3) is 2.66. The maximum Gasteiger partial charge on any atom is 0.243 e. The summed E-state index contributed by atoms with van der Waals surface area (Å²) < 4.78 is 31.2. The zero-order valence-corrected chi connectivity index (χ0v) is 11.2. The average Bonchev–Trinajstić information content (AvgIpc) is 2.39. The quantitative estimate of drug-likeness (QED) is 0.882. The van der Waals surface area contributed by atoms with Gasteiger partial charge in [-0.15, -0.1) is 0 Å². The summed E-state index contributed by atoms with van der Waals surface area (Å²) in [5.74, 6) is 0.643. The highest BCUT2D eigenvalue weighted by atomic mass is 32.2. The Hall–Kier alpha value is -1.11. The van der Waals surface area contributed by atoms with Crippen LogP contribution in [0.5, 0.6) is 5.75 Å². The van der Waals surface area contributed by atoms with E-state index in [1.54, 1.807) is 31.4 Å². The molecule has 1 aromatic rings. The van der Waals surface area contributed by atoms with Crippen molar-refractivity contribution in [3.63, 3.8) is 0 Å². The van der Waals surface area contributed by atoms with E-state index in [4.69, 9.17) is 10.5 Å². The van der Waals surface area contributed by atoms with Crippen molar-refractivity contribution in [3.05, 3.63) is 24.3 Å². The highest BCUT2D eigenvalue weighted by Crippen LogP contribution is 2.22. The molecule has 5 nitrogen and oxygen atoms in total. The second kappa shape index (κ2) is 5.26. The van der Waals surface area contributed by atoms with Gasteiger partial charge in [-0.1, -0.05) is 0 Å². The Bertz CT molecular complexity index is 499. The molecular weight excluding hydrogens is 252 g/mol. The van der Waals surface area contributed by atoms with Gasteiger partial charge < -0.3 is 10.5 Å². The number of nitrogens with zero attached hydrogens (tertiary/aromatic N) is 1. The van der Waals surface area contributed by atoms with Crippen LogP contribution in [0.4, 0.5) is 0 Å². The molecule has 0 aliphatic carbocycles. The molecular formula is C12H18N2O3S. The third-order valence-electron chi connectivity index (χ3n) is 3.12. The first-order valence-electron chi connectivity index (χ1n) is 5.94. The monoisotopic (exact) mass is 270 g/mol. The minimum Gasteiger partial charge on any atom is -0.497 e. The van der Waals surface area contributed by atoms with Crippen molar-refractivity contribution in [2.75, 3.05) is 20.2 Å². The number of sulfonamides is 1. The van der Waals surface area contributed by atoms with Crippen LogP contribution >= 0.6 is 0 Å². The van der Waals surface area contributed by atoms with Crippen LogP contribution in [0, 0.1) is 0 Å². The number of hydrogen-bond acceptors (Lipinski definition) is 4. The number of rotatable bonds is 3. The van der Waals surface area contributed by atoms with Gasteiger partial charge in [0, 0.05) is 19.1 Å². The number of ether oxygens (including phenoxy) is 1. The van der Waals surface area contributed by atoms with Crippen LogP contribution in [0.3, 0.4) is 0 Å². The van der Waals surface area contributed by atoms with Crippen molar-refractivity contribution < 1.29 is 13.2 Å². The zero-order valence-electron chi connectivity index (χ0n) is 10.4. The van der Waals surface area contributed by atoms with Gasteiger partial charge in [0.25, 0.3) is 0 Å². The van der Waals surface area contributed by atoms with Gasteiger partial charge in [-0.05, 0) is 37.1 Å². The second-order valence-corrected chi connectivity index (χ2v) is 6.38. The fraction of sp³-hybridized carbons (Fsp3) is 0.500. The van der Waals surface area contributed by atoms with Crippen LogP contribution in [0.15, 0.2) is 29.2 Å². The van der Waals surface area contributed by atoms with E-state index < -0.39 is 10.0 Å². The summed E-state index contributed by atoms with van der Waals surface area (Å²) in [6.45, 7) is 0.941. The Morgan fingerprint density at radius 3 is 2.56 bits per heavy atom. The summed E-state index contributed by atoms with van der Waals surface area (Å²) in [6, 6.07) is 6.36. The molecule has 18 heavy (non-hydrogen) atoms. The molecule has 100 valence electrons. The molecule has 0 bridgehead atoms. The molecule has 1 fully saturated rings. The normalized spacial score (nSPS) is 21.8. The van der Waals surface area contributed by atoms with Crippen molar-refractivity contribution >= 4 is 10.0 Å². The standard InChI is InChI=1S/C12H18N2O3S/c1-17-11-4-6-12(7-5-11)18(15,16)14-8-2-3-10(13)9-14/h4-7,10H,2-3,8-9,13H2,1H3/t10-/m1/s1. The van der Waals surface area contributed by atoms with Crippen molar-refractivity contribution in [1.29, 1.82) is 0 Å². The van der Waals surface area contributed by atoms with Crippen LogP contribution in [-0.4, -0.2) is 39.0 Å². The van der Waals surface area contributed by atoms with Crippen LogP contribution in [0.1, 0.15) is 12.8 Å². The number of piperidine rings is 1. The van der Waals surface area contributed by atoms with E-state index in [0.717, 1.165) is 12.8 Å². The minimum absolute atomic E-state index is 0.0632. The summed E-state index contributed by atoms with van der Waals surface area (Å²) in [6.07, 6.45) is 1.70. The predicted octanol–water partition coefficient (Wildman–Crippen LogP) is 0.807. The van der Waals surface area contributed by atoms with Gasteiger partial charge >= 0.3 is 0 Å². The number of hydrogen-bond donors (Lipinski definition) is 1. The van der Waals surface area contributed by atoms with Gasteiger partial charge in [-0.3, -0.25) is 0 Å². The molecule has 6 heteroatoms. The molecule has 1 aliphatic rings. The summed E-state index contributed by atoms with van der Waals surface area (Å²) in [5, 5.41) is 0. The van der Waals surface area contributed by atoms with Gasteiger partial charge in [-0.25, -0.2) is 8.42 Å². The second-order valence-electron chi connectivity index (χ2n) is 4.44. The zero-order chi connectivity index (χ0) is 13.2. The molecule has 0 aromatic heterocycles. The van der Waals surface area contributed by atoms with E-state index in [1.807, 2.05) is 0 Å². The molecule has 0 spiro atoms. The van der Waals surface area contributed by atoms with Crippen molar-refractivity contribution in [2.45, 2.75) is 23.8 Å². The predicted molar refractivity (Wildman–Crippen MR) is 69.0 cm³/mol. The number of methoxy groups -OCH3 is 1. The maximum absolute atomic E-state index is 12.4. The molecule has 1 heterocycles. The topological polar surface area (TPSA) is 72.6 Å². The highest BCUT2D eigenvalue weighted by molar-refractivity contribution is 7.89. The summed E-state index contributed by atoms with van der Waals surface area (Å²) in [5.41, 5.74) is 5.82. The number of nitrogens with two attached hydrogens (primary N) is 1. The Kier molecular flexibility index (Phi) is 3.89. The third-order valence-corrected chi connectivity index (χ3v) is 5.00. The van der Waals surface area contributed by atoms with Gasteiger partial charge in [0.2, 0.25) is 10.0 Å². The molecule has 0 amide bonds. The van der Waals surface area contributed by atoms with E-state index in [9.17, 15) is 8.42 Å². The molecule has 2 N–H and O–H groups in total. The van der Waals surface area contributed by atoms with E-state index >= 15 is 0 Å². The van der Waals surface area contributed by atoms with E-state index in [-0.39, 0.29) is 10.9 Å². The molecule has 1 atom stereocenters. The van der Waals surface area contributed by atoms with Crippen molar-refractivity contribution in [1.82, 2.24) is 4.31 Å². The van der Waals surface area contributed by atoms with Crippen LogP contribution in [-0.2, 0) is 10.0 Å². The van der Waals surface area contributed by atoms with Crippen LogP contribution in [0.2, 0.25) is 0 Å².